The van der Waals surface area contributed by atoms with Gasteiger partial charge in [0.25, 0.3) is 0 Å². The first-order valence-electron chi connectivity index (χ1n) is 8.65. The van der Waals surface area contributed by atoms with Crippen LogP contribution in [0.2, 0.25) is 0 Å². The summed E-state index contributed by atoms with van der Waals surface area (Å²) in [6, 6.07) is 0. The van der Waals surface area contributed by atoms with Crippen LogP contribution in [0.25, 0.3) is 0 Å². The molecule has 1 heterocycles. The first-order chi connectivity index (χ1) is 10.6. The van der Waals surface area contributed by atoms with Crippen molar-refractivity contribution in [1.82, 2.24) is 5.32 Å². The molecule has 1 unspecified atom stereocenters. The number of rotatable bonds is 11. The summed E-state index contributed by atoms with van der Waals surface area (Å²) in [5.41, 5.74) is 0. The maximum atomic E-state index is 9.87. The SMILES string of the molecule is CCCCCCCCCCNC1O[C@H](CO)[C@H](O)[C@H](O)[C@H]1O. The average Bonchev–Trinajstić information content (AvgIpc) is 2.53. The van der Waals surface area contributed by atoms with Gasteiger partial charge in [-0.25, -0.2) is 0 Å². The van der Waals surface area contributed by atoms with Crippen LogP contribution in [0.3, 0.4) is 0 Å². The minimum absolute atomic E-state index is 0.388. The molecule has 0 spiro atoms. The Bertz CT molecular complexity index is 277. The molecule has 1 fully saturated rings. The molecule has 0 aromatic rings. The van der Waals surface area contributed by atoms with E-state index in [0.717, 1.165) is 12.8 Å². The second-order valence-electron chi connectivity index (χ2n) is 6.18. The summed E-state index contributed by atoms with van der Waals surface area (Å²) in [4.78, 5) is 0. The van der Waals surface area contributed by atoms with Crippen molar-refractivity contribution in [3.05, 3.63) is 0 Å². The molecular weight excluding hydrogens is 286 g/mol. The van der Waals surface area contributed by atoms with Gasteiger partial charge in [0.2, 0.25) is 0 Å². The summed E-state index contributed by atoms with van der Waals surface area (Å²) in [7, 11) is 0. The van der Waals surface area contributed by atoms with Gasteiger partial charge in [0, 0.05) is 0 Å². The highest BCUT2D eigenvalue weighted by molar-refractivity contribution is 4.90. The van der Waals surface area contributed by atoms with Crippen LogP contribution in [0.4, 0.5) is 0 Å². The highest BCUT2D eigenvalue weighted by Crippen LogP contribution is 2.19. The smallest absolute Gasteiger partial charge is 0.137 e. The third-order valence-corrected chi connectivity index (χ3v) is 4.27. The van der Waals surface area contributed by atoms with E-state index in [9.17, 15) is 15.3 Å². The summed E-state index contributed by atoms with van der Waals surface area (Å²) in [6.07, 6.45) is 4.40. The lowest BCUT2D eigenvalue weighted by atomic mass is 9.98. The monoisotopic (exact) mass is 319 g/mol. The van der Waals surface area contributed by atoms with Crippen LogP contribution >= 0.6 is 0 Å². The van der Waals surface area contributed by atoms with Gasteiger partial charge in [-0.1, -0.05) is 51.9 Å². The Balaban J connectivity index is 2.11. The quantitative estimate of drug-likeness (QED) is 0.356. The molecule has 5 N–H and O–H groups in total. The average molecular weight is 319 g/mol. The van der Waals surface area contributed by atoms with Crippen molar-refractivity contribution in [3.8, 4) is 0 Å². The van der Waals surface area contributed by atoms with Crippen LogP contribution < -0.4 is 5.32 Å². The van der Waals surface area contributed by atoms with Gasteiger partial charge in [-0.15, -0.1) is 0 Å². The maximum absolute atomic E-state index is 9.87. The minimum atomic E-state index is -1.30. The summed E-state index contributed by atoms with van der Waals surface area (Å²) in [5.74, 6) is 0. The molecule has 6 heteroatoms. The fourth-order valence-electron chi connectivity index (χ4n) is 2.77. The molecule has 1 aliphatic rings. The largest absolute Gasteiger partial charge is 0.394 e. The molecule has 0 amide bonds. The van der Waals surface area contributed by atoms with E-state index in [0.29, 0.717) is 6.54 Å². The normalized spacial score (nSPS) is 32.3. The lowest BCUT2D eigenvalue weighted by Gasteiger charge is -2.40. The molecule has 1 aliphatic heterocycles. The van der Waals surface area contributed by atoms with Crippen molar-refractivity contribution in [3.63, 3.8) is 0 Å². The third-order valence-electron chi connectivity index (χ3n) is 4.27. The Kier molecular flexibility index (Phi) is 10.2. The van der Waals surface area contributed by atoms with Gasteiger partial charge in [0.15, 0.2) is 0 Å². The molecule has 0 aromatic heterocycles. The first kappa shape index (κ1) is 19.8. The van der Waals surface area contributed by atoms with Crippen molar-refractivity contribution in [2.75, 3.05) is 13.2 Å². The Hall–Kier alpha value is -0.240. The molecule has 0 radical (unpaired) electrons. The third kappa shape index (κ3) is 6.48. The predicted octanol–water partition coefficient (Wildman–Crippen LogP) is 0.517. The summed E-state index contributed by atoms with van der Waals surface area (Å²) < 4.78 is 5.38. The maximum Gasteiger partial charge on any atom is 0.137 e. The molecule has 0 saturated carbocycles. The van der Waals surface area contributed by atoms with E-state index in [2.05, 4.69) is 12.2 Å². The van der Waals surface area contributed by atoms with Gasteiger partial charge in [0.05, 0.1) is 6.61 Å². The van der Waals surface area contributed by atoms with Gasteiger partial charge in [0.1, 0.15) is 30.6 Å². The van der Waals surface area contributed by atoms with Gasteiger partial charge < -0.3 is 25.2 Å². The summed E-state index contributed by atoms with van der Waals surface area (Å²) >= 11 is 0. The van der Waals surface area contributed by atoms with Crippen molar-refractivity contribution in [1.29, 1.82) is 0 Å². The Morgan fingerprint density at radius 1 is 0.818 bits per heavy atom. The van der Waals surface area contributed by atoms with E-state index in [1.807, 2.05) is 0 Å². The first-order valence-corrected chi connectivity index (χ1v) is 8.65. The van der Waals surface area contributed by atoms with Gasteiger partial charge >= 0.3 is 0 Å². The molecule has 22 heavy (non-hydrogen) atoms. The van der Waals surface area contributed by atoms with Crippen molar-refractivity contribution in [2.45, 2.75) is 88.9 Å². The zero-order valence-electron chi connectivity index (χ0n) is 13.7. The molecule has 1 rings (SSSR count). The number of unbranched alkanes of at least 4 members (excludes halogenated alkanes) is 7. The minimum Gasteiger partial charge on any atom is -0.394 e. The van der Waals surface area contributed by atoms with E-state index in [1.54, 1.807) is 0 Å². The molecule has 0 aliphatic carbocycles. The number of nitrogens with one attached hydrogen (secondary N) is 1. The summed E-state index contributed by atoms with van der Waals surface area (Å²) in [6.45, 7) is 2.50. The number of aliphatic hydroxyl groups is 4. The highest BCUT2D eigenvalue weighted by atomic mass is 16.6. The Morgan fingerprint density at radius 3 is 2.00 bits per heavy atom. The van der Waals surface area contributed by atoms with Gasteiger partial charge in [-0.05, 0) is 13.0 Å². The van der Waals surface area contributed by atoms with Crippen molar-refractivity contribution < 1.29 is 25.2 Å². The van der Waals surface area contributed by atoms with E-state index in [1.165, 1.54) is 38.5 Å². The van der Waals surface area contributed by atoms with Crippen LogP contribution in [-0.2, 0) is 4.74 Å². The van der Waals surface area contributed by atoms with Crippen LogP contribution in [0, 0.1) is 0 Å². The van der Waals surface area contributed by atoms with E-state index < -0.39 is 30.6 Å². The molecule has 0 aromatic carbocycles. The van der Waals surface area contributed by atoms with Crippen molar-refractivity contribution in [2.24, 2.45) is 0 Å². The predicted molar refractivity (Wildman–Crippen MR) is 84.4 cm³/mol. The second-order valence-corrected chi connectivity index (χ2v) is 6.18. The highest BCUT2D eigenvalue weighted by Gasteiger charge is 2.42. The molecule has 0 bridgehead atoms. The number of hydrogen-bond donors (Lipinski definition) is 5. The lowest BCUT2D eigenvalue weighted by molar-refractivity contribution is -0.236. The van der Waals surface area contributed by atoms with E-state index >= 15 is 0 Å². The Labute approximate surface area is 133 Å². The molecular formula is C16H33NO5. The van der Waals surface area contributed by atoms with Crippen LogP contribution in [0.15, 0.2) is 0 Å². The van der Waals surface area contributed by atoms with Crippen LogP contribution in [-0.4, -0.2) is 64.2 Å². The lowest BCUT2D eigenvalue weighted by Crippen LogP contribution is -2.62. The topological polar surface area (TPSA) is 102 Å². The molecule has 5 atom stereocenters. The molecule has 1 saturated heterocycles. The number of ether oxygens (including phenoxy) is 1. The number of hydrogen-bond acceptors (Lipinski definition) is 6. The van der Waals surface area contributed by atoms with Gasteiger partial charge in [-0.2, -0.15) is 0 Å². The zero-order valence-corrected chi connectivity index (χ0v) is 13.7. The molecule has 132 valence electrons. The number of aliphatic hydroxyl groups excluding tert-OH is 4. The fraction of sp³-hybridized carbons (Fsp3) is 1.00. The van der Waals surface area contributed by atoms with Crippen LogP contribution in [0.5, 0.6) is 0 Å². The second kappa shape index (κ2) is 11.3. The summed E-state index contributed by atoms with van der Waals surface area (Å²) in [5, 5.41) is 41.4. The van der Waals surface area contributed by atoms with Crippen LogP contribution in [0.1, 0.15) is 58.3 Å². The van der Waals surface area contributed by atoms with Gasteiger partial charge in [-0.3, -0.25) is 5.32 Å². The zero-order chi connectivity index (χ0) is 16.4. The standard InChI is InChI=1S/C16H33NO5/c1-2-3-4-5-6-7-8-9-10-17-16-15(21)14(20)13(19)12(11-18)22-16/h12-21H,2-11H2,1H3/t12-,13+,14+,15-,16?/m1/s1. The van der Waals surface area contributed by atoms with Crippen molar-refractivity contribution >= 4 is 0 Å². The Morgan fingerprint density at radius 2 is 1.41 bits per heavy atom. The van der Waals surface area contributed by atoms with E-state index in [-0.39, 0.29) is 6.61 Å². The van der Waals surface area contributed by atoms with E-state index in [4.69, 9.17) is 9.84 Å². The fourth-order valence-corrected chi connectivity index (χ4v) is 2.77. The molecule has 6 nitrogen and oxygen atoms in total.